The van der Waals surface area contributed by atoms with Crippen LogP contribution in [0.25, 0.3) is 0 Å². The quantitative estimate of drug-likeness (QED) is 0.725. The SMILES string of the molecule is CCC[C@@H](O)[C@@H](CC)CSc1ccccc1. The molecular weight excluding hydrogens is 216 g/mol. The Kier molecular flexibility index (Phi) is 6.58. The molecule has 16 heavy (non-hydrogen) atoms. The van der Waals surface area contributed by atoms with Gasteiger partial charge in [-0.05, 0) is 24.5 Å². The predicted octanol–water partition coefficient (Wildman–Crippen LogP) is 3.97. The van der Waals surface area contributed by atoms with E-state index in [1.54, 1.807) is 0 Å². The van der Waals surface area contributed by atoms with Crippen LogP contribution in [-0.4, -0.2) is 17.0 Å². The molecule has 2 heteroatoms. The van der Waals surface area contributed by atoms with Crippen LogP contribution in [0.5, 0.6) is 0 Å². The van der Waals surface area contributed by atoms with Crippen molar-refractivity contribution < 1.29 is 5.11 Å². The maximum Gasteiger partial charge on any atom is 0.0576 e. The summed E-state index contributed by atoms with van der Waals surface area (Å²) in [6, 6.07) is 10.4. The number of hydrogen-bond acceptors (Lipinski definition) is 2. The molecule has 0 aliphatic carbocycles. The van der Waals surface area contributed by atoms with Crippen molar-refractivity contribution in [3.05, 3.63) is 30.3 Å². The lowest BCUT2D eigenvalue weighted by Gasteiger charge is -2.20. The van der Waals surface area contributed by atoms with Crippen LogP contribution in [0.15, 0.2) is 35.2 Å². The molecule has 0 unspecified atom stereocenters. The molecule has 1 N–H and O–H groups in total. The average Bonchev–Trinajstić information content (AvgIpc) is 2.31. The van der Waals surface area contributed by atoms with Gasteiger partial charge in [-0.1, -0.05) is 44.9 Å². The molecule has 0 saturated heterocycles. The van der Waals surface area contributed by atoms with E-state index in [1.165, 1.54) is 4.90 Å². The first-order valence-electron chi connectivity index (χ1n) is 6.13. The highest BCUT2D eigenvalue weighted by Crippen LogP contribution is 2.24. The molecule has 0 aliphatic rings. The van der Waals surface area contributed by atoms with Crippen LogP contribution in [-0.2, 0) is 0 Å². The molecule has 0 radical (unpaired) electrons. The number of aliphatic hydroxyl groups is 1. The smallest absolute Gasteiger partial charge is 0.0576 e. The zero-order valence-electron chi connectivity index (χ0n) is 10.2. The van der Waals surface area contributed by atoms with Gasteiger partial charge in [0.1, 0.15) is 0 Å². The zero-order valence-corrected chi connectivity index (χ0v) is 11.0. The Morgan fingerprint density at radius 2 is 1.88 bits per heavy atom. The molecule has 1 aromatic carbocycles. The molecule has 0 amide bonds. The molecule has 0 aromatic heterocycles. The van der Waals surface area contributed by atoms with Gasteiger partial charge >= 0.3 is 0 Å². The monoisotopic (exact) mass is 238 g/mol. The van der Waals surface area contributed by atoms with Crippen molar-refractivity contribution in [3.63, 3.8) is 0 Å². The van der Waals surface area contributed by atoms with E-state index < -0.39 is 0 Å². The largest absolute Gasteiger partial charge is 0.393 e. The van der Waals surface area contributed by atoms with Gasteiger partial charge in [-0.2, -0.15) is 0 Å². The van der Waals surface area contributed by atoms with Gasteiger partial charge in [-0.15, -0.1) is 11.8 Å². The highest BCUT2D eigenvalue weighted by atomic mass is 32.2. The van der Waals surface area contributed by atoms with E-state index >= 15 is 0 Å². The lowest BCUT2D eigenvalue weighted by atomic mass is 9.98. The maximum atomic E-state index is 9.97. The Balaban J connectivity index is 2.39. The van der Waals surface area contributed by atoms with Gasteiger partial charge in [0.25, 0.3) is 0 Å². The normalized spacial score (nSPS) is 14.7. The first-order chi connectivity index (χ1) is 7.77. The summed E-state index contributed by atoms with van der Waals surface area (Å²) in [7, 11) is 0. The fraction of sp³-hybridized carbons (Fsp3) is 0.571. The standard InChI is InChI=1S/C14H22OS/c1-3-8-14(15)12(4-2)11-16-13-9-6-5-7-10-13/h5-7,9-10,12,14-15H,3-4,8,11H2,1-2H3/t12-,14+/m0/s1. The average molecular weight is 238 g/mol. The van der Waals surface area contributed by atoms with Gasteiger partial charge in [-0.25, -0.2) is 0 Å². The zero-order chi connectivity index (χ0) is 11.8. The molecule has 0 fully saturated rings. The summed E-state index contributed by atoms with van der Waals surface area (Å²) < 4.78 is 0. The number of thioether (sulfide) groups is 1. The molecule has 0 aliphatic heterocycles. The third-order valence-corrected chi connectivity index (χ3v) is 4.06. The Labute approximate surface area is 103 Å². The van der Waals surface area contributed by atoms with Crippen LogP contribution >= 0.6 is 11.8 Å². The van der Waals surface area contributed by atoms with Crippen LogP contribution in [0.1, 0.15) is 33.1 Å². The van der Waals surface area contributed by atoms with Gasteiger partial charge in [-0.3, -0.25) is 0 Å². The molecule has 90 valence electrons. The fourth-order valence-electron chi connectivity index (χ4n) is 1.75. The van der Waals surface area contributed by atoms with E-state index in [0.29, 0.717) is 5.92 Å². The van der Waals surface area contributed by atoms with Crippen molar-refractivity contribution in [2.24, 2.45) is 5.92 Å². The molecule has 0 spiro atoms. The third-order valence-electron chi connectivity index (χ3n) is 2.86. The van der Waals surface area contributed by atoms with Crippen molar-refractivity contribution in [1.29, 1.82) is 0 Å². The van der Waals surface area contributed by atoms with Gasteiger partial charge < -0.3 is 5.11 Å². The van der Waals surface area contributed by atoms with Crippen molar-refractivity contribution in [2.45, 2.75) is 44.1 Å². The minimum Gasteiger partial charge on any atom is -0.393 e. The Hall–Kier alpha value is -0.470. The van der Waals surface area contributed by atoms with E-state index in [0.717, 1.165) is 25.0 Å². The van der Waals surface area contributed by atoms with Gasteiger partial charge in [0, 0.05) is 10.6 Å². The van der Waals surface area contributed by atoms with Gasteiger partial charge in [0.15, 0.2) is 0 Å². The van der Waals surface area contributed by atoms with E-state index in [9.17, 15) is 5.11 Å². The number of aliphatic hydroxyl groups excluding tert-OH is 1. The van der Waals surface area contributed by atoms with Crippen molar-refractivity contribution in [1.82, 2.24) is 0 Å². The highest BCUT2D eigenvalue weighted by molar-refractivity contribution is 7.99. The summed E-state index contributed by atoms with van der Waals surface area (Å²) in [6.45, 7) is 4.29. The number of benzene rings is 1. The molecule has 1 rings (SSSR count). The Bertz CT molecular complexity index is 273. The summed E-state index contributed by atoms with van der Waals surface area (Å²) in [6.07, 6.45) is 2.91. The van der Waals surface area contributed by atoms with E-state index in [2.05, 4.69) is 38.1 Å². The highest BCUT2D eigenvalue weighted by Gasteiger charge is 2.16. The molecule has 0 bridgehead atoms. The second-order valence-electron chi connectivity index (χ2n) is 4.15. The number of rotatable bonds is 7. The molecule has 1 nitrogen and oxygen atoms in total. The minimum absolute atomic E-state index is 0.133. The topological polar surface area (TPSA) is 20.2 Å². The Morgan fingerprint density at radius 1 is 1.19 bits per heavy atom. The molecule has 0 heterocycles. The number of hydrogen-bond donors (Lipinski definition) is 1. The van der Waals surface area contributed by atoms with E-state index in [-0.39, 0.29) is 6.10 Å². The molecule has 2 atom stereocenters. The van der Waals surface area contributed by atoms with Crippen molar-refractivity contribution in [3.8, 4) is 0 Å². The summed E-state index contributed by atoms with van der Waals surface area (Å²) in [5, 5.41) is 9.97. The minimum atomic E-state index is -0.133. The van der Waals surface area contributed by atoms with Crippen LogP contribution in [0.2, 0.25) is 0 Å². The van der Waals surface area contributed by atoms with Crippen LogP contribution in [0.4, 0.5) is 0 Å². The first kappa shape index (κ1) is 13.6. The molecular formula is C14H22OS. The second kappa shape index (κ2) is 7.75. The summed E-state index contributed by atoms with van der Waals surface area (Å²) in [5.41, 5.74) is 0. The third kappa shape index (κ3) is 4.58. The van der Waals surface area contributed by atoms with Gasteiger partial charge in [0.05, 0.1) is 6.10 Å². The molecule has 0 saturated carbocycles. The van der Waals surface area contributed by atoms with Crippen molar-refractivity contribution >= 4 is 11.8 Å². The van der Waals surface area contributed by atoms with Gasteiger partial charge in [0.2, 0.25) is 0 Å². The summed E-state index contributed by atoms with van der Waals surface area (Å²) in [5.74, 6) is 1.44. The predicted molar refractivity (Wildman–Crippen MR) is 71.9 cm³/mol. The Morgan fingerprint density at radius 3 is 2.44 bits per heavy atom. The van der Waals surface area contributed by atoms with E-state index in [4.69, 9.17) is 0 Å². The van der Waals surface area contributed by atoms with Crippen LogP contribution in [0.3, 0.4) is 0 Å². The second-order valence-corrected chi connectivity index (χ2v) is 5.24. The van der Waals surface area contributed by atoms with Crippen LogP contribution < -0.4 is 0 Å². The van der Waals surface area contributed by atoms with Crippen LogP contribution in [0, 0.1) is 5.92 Å². The lowest BCUT2D eigenvalue weighted by Crippen LogP contribution is -2.21. The fourth-order valence-corrected chi connectivity index (χ4v) is 2.97. The summed E-state index contributed by atoms with van der Waals surface area (Å²) >= 11 is 1.85. The van der Waals surface area contributed by atoms with Crippen molar-refractivity contribution in [2.75, 3.05) is 5.75 Å². The molecule has 1 aromatic rings. The lowest BCUT2D eigenvalue weighted by molar-refractivity contribution is 0.107. The van der Waals surface area contributed by atoms with E-state index in [1.807, 2.05) is 17.8 Å². The maximum absolute atomic E-state index is 9.97. The summed E-state index contributed by atoms with van der Waals surface area (Å²) in [4.78, 5) is 1.30. The first-order valence-corrected chi connectivity index (χ1v) is 7.12.